The molecule has 0 saturated heterocycles. The Hall–Kier alpha value is -7.42. The summed E-state index contributed by atoms with van der Waals surface area (Å²) in [5.41, 5.74) is 19.7. The normalized spacial score (nSPS) is 12.7. The first-order chi connectivity index (χ1) is 29.0. The topological polar surface area (TPSA) is 16.4 Å². The smallest absolute Gasteiger partial charge is 0.143 e. The minimum Gasteiger partial charge on any atom is -0.455 e. The standard InChI is InChI=1S/C57H41NO/c1-57(2)53-22-10-9-17-49(53)52-37-46(35-36-54(52)57)58(44-31-27-40(28-32-44)38-13-5-3-6-14-38)45-33-29-41(30-34-45)39-23-25-43(26-24-39)48-19-12-21-51-50-20-11-18-47(55(50)59-56(48)51)42-15-7-4-8-16-42/h3-37H,1-2H3. The van der Waals surface area contributed by atoms with Crippen LogP contribution in [0.4, 0.5) is 17.1 Å². The average molecular weight is 756 g/mol. The van der Waals surface area contributed by atoms with Gasteiger partial charge in [-0.3, -0.25) is 0 Å². The minimum absolute atomic E-state index is 0.0473. The highest BCUT2D eigenvalue weighted by molar-refractivity contribution is 6.13. The van der Waals surface area contributed by atoms with Gasteiger partial charge in [0.05, 0.1) is 0 Å². The highest BCUT2D eigenvalue weighted by Crippen LogP contribution is 2.51. The van der Waals surface area contributed by atoms with Crippen molar-refractivity contribution in [2.75, 3.05) is 4.90 Å². The number of para-hydroxylation sites is 2. The zero-order chi connectivity index (χ0) is 39.5. The van der Waals surface area contributed by atoms with Crippen molar-refractivity contribution >= 4 is 39.0 Å². The van der Waals surface area contributed by atoms with E-state index < -0.39 is 0 Å². The summed E-state index contributed by atoms with van der Waals surface area (Å²) in [6.45, 7) is 4.67. The van der Waals surface area contributed by atoms with E-state index in [0.717, 1.165) is 61.3 Å². The molecule has 11 rings (SSSR count). The molecule has 0 saturated carbocycles. The quantitative estimate of drug-likeness (QED) is 0.161. The molecule has 0 N–H and O–H groups in total. The van der Waals surface area contributed by atoms with Crippen LogP contribution in [-0.2, 0) is 5.41 Å². The van der Waals surface area contributed by atoms with Crippen LogP contribution in [0.15, 0.2) is 217 Å². The predicted octanol–water partition coefficient (Wildman–Crippen LogP) is 16.0. The molecule has 0 radical (unpaired) electrons. The Morgan fingerprint density at radius 1 is 0.322 bits per heavy atom. The SMILES string of the molecule is CC1(C)c2ccccc2-c2cc(N(c3ccc(-c4ccccc4)cc3)c3ccc(-c4ccc(-c5cccc6c5oc5c(-c7ccccc7)cccc56)cc4)cc3)ccc21. The van der Waals surface area contributed by atoms with Gasteiger partial charge in [0.15, 0.2) is 0 Å². The van der Waals surface area contributed by atoms with Crippen molar-refractivity contribution in [1.82, 2.24) is 0 Å². The first kappa shape index (κ1) is 34.8. The molecule has 280 valence electrons. The molecule has 0 aliphatic heterocycles. The number of nitrogens with zero attached hydrogens (tertiary/aromatic N) is 1. The van der Waals surface area contributed by atoms with Crippen LogP contribution in [-0.4, -0.2) is 0 Å². The summed E-state index contributed by atoms with van der Waals surface area (Å²) in [7, 11) is 0. The molecule has 59 heavy (non-hydrogen) atoms. The second-order valence-corrected chi connectivity index (χ2v) is 16.1. The molecule has 0 atom stereocenters. The Morgan fingerprint density at radius 2 is 0.729 bits per heavy atom. The summed E-state index contributed by atoms with van der Waals surface area (Å²) >= 11 is 0. The van der Waals surface area contributed by atoms with Gasteiger partial charge < -0.3 is 9.32 Å². The van der Waals surface area contributed by atoms with E-state index >= 15 is 0 Å². The van der Waals surface area contributed by atoms with Crippen LogP contribution >= 0.6 is 0 Å². The van der Waals surface area contributed by atoms with Gasteiger partial charge in [0.2, 0.25) is 0 Å². The van der Waals surface area contributed by atoms with Crippen LogP contribution in [0.25, 0.3) is 77.6 Å². The highest BCUT2D eigenvalue weighted by atomic mass is 16.3. The van der Waals surface area contributed by atoms with E-state index in [2.05, 4.69) is 225 Å². The van der Waals surface area contributed by atoms with Crippen LogP contribution in [0.1, 0.15) is 25.0 Å². The first-order valence-electron chi connectivity index (χ1n) is 20.4. The van der Waals surface area contributed by atoms with Crippen molar-refractivity contribution in [3.63, 3.8) is 0 Å². The van der Waals surface area contributed by atoms with Crippen molar-refractivity contribution < 1.29 is 4.42 Å². The minimum atomic E-state index is -0.0473. The Balaban J connectivity index is 0.945. The number of fused-ring (bicyclic) bond motifs is 6. The molecule has 2 heteroatoms. The van der Waals surface area contributed by atoms with E-state index in [0.29, 0.717) is 0 Å². The summed E-state index contributed by atoms with van der Waals surface area (Å²) in [4.78, 5) is 2.38. The van der Waals surface area contributed by atoms with Crippen molar-refractivity contribution in [3.05, 3.63) is 223 Å². The van der Waals surface area contributed by atoms with Gasteiger partial charge in [-0.05, 0) is 92.0 Å². The van der Waals surface area contributed by atoms with Crippen molar-refractivity contribution in [2.24, 2.45) is 0 Å². The highest BCUT2D eigenvalue weighted by Gasteiger charge is 2.35. The maximum absolute atomic E-state index is 6.72. The fourth-order valence-corrected chi connectivity index (χ4v) is 9.27. The number of hydrogen-bond acceptors (Lipinski definition) is 2. The second-order valence-electron chi connectivity index (χ2n) is 16.1. The van der Waals surface area contributed by atoms with E-state index in [4.69, 9.17) is 4.42 Å². The Bertz CT molecular complexity index is 3140. The molecule has 1 heterocycles. The zero-order valence-electron chi connectivity index (χ0n) is 33.1. The largest absolute Gasteiger partial charge is 0.455 e. The third-order valence-electron chi connectivity index (χ3n) is 12.3. The van der Waals surface area contributed by atoms with E-state index in [1.807, 2.05) is 6.07 Å². The van der Waals surface area contributed by atoms with Gasteiger partial charge in [-0.15, -0.1) is 0 Å². The van der Waals surface area contributed by atoms with E-state index in [9.17, 15) is 0 Å². The third kappa shape index (κ3) is 5.87. The molecule has 1 aromatic heterocycles. The number of furan rings is 1. The molecule has 0 unspecified atom stereocenters. The first-order valence-corrected chi connectivity index (χ1v) is 20.4. The van der Waals surface area contributed by atoms with Gasteiger partial charge in [-0.25, -0.2) is 0 Å². The predicted molar refractivity (Wildman–Crippen MR) is 248 cm³/mol. The lowest BCUT2D eigenvalue weighted by Gasteiger charge is -2.27. The molecule has 2 nitrogen and oxygen atoms in total. The summed E-state index contributed by atoms with van der Waals surface area (Å²) in [6.07, 6.45) is 0. The van der Waals surface area contributed by atoms with E-state index in [-0.39, 0.29) is 5.41 Å². The second kappa shape index (κ2) is 13.9. The number of anilines is 3. The van der Waals surface area contributed by atoms with Gasteiger partial charge in [-0.1, -0.05) is 190 Å². The van der Waals surface area contributed by atoms with Gasteiger partial charge in [0, 0.05) is 44.4 Å². The molecule has 1 aliphatic carbocycles. The molecule has 10 aromatic rings. The summed E-state index contributed by atoms with van der Waals surface area (Å²) < 4.78 is 6.72. The molecule has 9 aromatic carbocycles. The number of rotatable bonds is 7. The van der Waals surface area contributed by atoms with Gasteiger partial charge in [0.25, 0.3) is 0 Å². The lowest BCUT2D eigenvalue weighted by Crippen LogP contribution is -2.15. The fourth-order valence-electron chi connectivity index (χ4n) is 9.27. The third-order valence-corrected chi connectivity index (χ3v) is 12.3. The summed E-state index contributed by atoms with van der Waals surface area (Å²) in [5.74, 6) is 0. The molecule has 0 spiro atoms. The zero-order valence-corrected chi connectivity index (χ0v) is 33.1. The molecule has 0 fully saturated rings. The van der Waals surface area contributed by atoms with Crippen molar-refractivity contribution in [3.8, 4) is 55.6 Å². The Labute approximate surface area is 345 Å². The van der Waals surface area contributed by atoms with Crippen LogP contribution in [0.3, 0.4) is 0 Å². The van der Waals surface area contributed by atoms with Crippen LogP contribution < -0.4 is 4.90 Å². The van der Waals surface area contributed by atoms with Gasteiger partial charge in [-0.2, -0.15) is 0 Å². The lowest BCUT2D eigenvalue weighted by molar-refractivity contribution is 0.660. The maximum Gasteiger partial charge on any atom is 0.143 e. The van der Waals surface area contributed by atoms with Gasteiger partial charge in [0.1, 0.15) is 11.2 Å². The molecule has 0 amide bonds. The number of hydrogen-bond donors (Lipinski definition) is 0. The van der Waals surface area contributed by atoms with Gasteiger partial charge >= 0.3 is 0 Å². The summed E-state index contributed by atoms with van der Waals surface area (Å²) in [5, 5.41) is 2.26. The molecular weight excluding hydrogens is 715 g/mol. The van der Waals surface area contributed by atoms with Crippen LogP contribution in [0.5, 0.6) is 0 Å². The Kier molecular flexibility index (Phi) is 8.20. The van der Waals surface area contributed by atoms with Crippen molar-refractivity contribution in [1.29, 1.82) is 0 Å². The van der Waals surface area contributed by atoms with E-state index in [1.165, 1.54) is 44.5 Å². The fraction of sp³-hybridized carbons (Fsp3) is 0.0526. The monoisotopic (exact) mass is 755 g/mol. The molecule has 1 aliphatic rings. The van der Waals surface area contributed by atoms with Crippen molar-refractivity contribution in [2.45, 2.75) is 19.3 Å². The Morgan fingerprint density at radius 3 is 1.31 bits per heavy atom. The van der Waals surface area contributed by atoms with Crippen LogP contribution in [0, 0.1) is 0 Å². The summed E-state index contributed by atoms with van der Waals surface area (Å²) in [6, 6.07) is 76.6. The number of benzene rings is 9. The molecule has 0 bridgehead atoms. The maximum atomic E-state index is 6.72. The van der Waals surface area contributed by atoms with E-state index in [1.54, 1.807) is 0 Å². The van der Waals surface area contributed by atoms with Crippen LogP contribution in [0.2, 0.25) is 0 Å². The average Bonchev–Trinajstić information content (AvgIpc) is 3.80. The molecular formula is C57H41NO. The lowest BCUT2D eigenvalue weighted by atomic mass is 9.82.